The average Bonchev–Trinajstić information content (AvgIpc) is 3.32. The largest absolute Gasteiger partial charge is 0.454 e. The highest BCUT2D eigenvalue weighted by Crippen LogP contribution is 2.32. The minimum absolute atomic E-state index is 0.0481. The van der Waals surface area contributed by atoms with Crippen LogP contribution < -0.4 is 14.8 Å². The fraction of sp³-hybridized carbons (Fsp3) is 0.300. The van der Waals surface area contributed by atoms with E-state index in [1.807, 2.05) is 42.5 Å². The van der Waals surface area contributed by atoms with Crippen LogP contribution in [0.5, 0.6) is 11.5 Å². The van der Waals surface area contributed by atoms with Crippen molar-refractivity contribution in [3.05, 3.63) is 48.0 Å². The number of rotatable bonds is 8. The van der Waals surface area contributed by atoms with Crippen LogP contribution in [0.2, 0.25) is 0 Å². The van der Waals surface area contributed by atoms with Gasteiger partial charge in [0.1, 0.15) is 0 Å². The predicted octanol–water partition coefficient (Wildman–Crippen LogP) is 2.82. The molecule has 0 bridgehead atoms. The van der Waals surface area contributed by atoms with E-state index in [4.69, 9.17) is 14.2 Å². The molecule has 1 amide bonds. The Bertz CT molecular complexity index is 989. The Balaban J connectivity index is 1.36. The van der Waals surface area contributed by atoms with Crippen molar-refractivity contribution in [3.8, 4) is 11.5 Å². The molecular formula is C20H21N3O4S. The van der Waals surface area contributed by atoms with Crippen molar-refractivity contribution >= 4 is 28.7 Å². The molecule has 0 saturated heterocycles. The third-order valence-electron chi connectivity index (χ3n) is 4.40. The van der Waals surface area contributed by atoms with Crippen LogP contribution >= 0.6 is 11.8 Å². The van der Waals surface area contributed by atoms with E-state index >= 15 is 0 Å². The molecule has 0 fully saturated rings. The molecule has 1 aromatic heterocycles. The highest BCUT2D eigenvalue weighted by molar-refractivity contribution is 7.99. The number of benzene rings is 2. The summed E-state index contributed by atoms with van der Waals surface area (Å²) in [7, 11) is 1.68. The van der Waals surface area contributed by atoms with Gasteiger partial charge in [-0.25, -0.2) is 4.98 Å². The first-order chi connectivity index (χ1) is 13.7. The maximum Gasteiger partial charge on any atom is 0.231 e. The number of carbonyl (C=O) groups is 1. The molecule has 8 heteroatoms. The van der Waals surface area contributed by atoms with Gasteiger partial charge in [0, 0.05) is 20.2 Å². The average molecular weight is 399 g/mol. The van der Waals surface area contributed by atoms with Crippen molar-refractivity contribution in [2.75, 3.05) is 26.3 Å². The van der Waals surface area contributed by atoms with E-state index in [1.54, 1.807) is 7.11 Å². The van der Waals surface area contributed by atoms with Crippen molar-refractivity contribution in [1.29, 1.82) is 0 Å². The molecule has 1 aliphatic heterocycles. The van der Waals surface area contributed by atoms with Crippen molar-refractivity contribution < 1.29 is 19.0 Å². The molecular weight excluding hydrogens is 378 g/mol. The Morgan fingerprint density at radius 3 is 3.00 bits per heavy atom. The van der Waals surface area contributed by atoms with Gasteiger partial charge >= 0.3 is 0 Å². The van der Waals surface area contributed by atoms with Gasteiger partial charge in [-0.3, -0.25) is 4.79 Å². The molecule has 0 aliphatic carbocycles. The van der Waals surface area contributed by atoms with Crippen LogP contribution in [0.3, 0.4) is 0 Å². The number of para-hydroxylation sites is 2. The molecule has 1 aliphatic rings. The second-order valence-electron chi connectivity index (χ2n) is 6.28. The van der Waals surface area contributed by atoms with E-state index in [1.165, 1.54) is 11.8 Å². The number of hydrogen-bond acceptors (Lipinski definition) is 6. The van der Waals surface area contributed by atoms with Gasteiger partial charge in [0.05, 0.1) is 23.4 Å². The van der Waals surface area contributed by atoms with Crippen LogP contribution in [0.4, 0.5) is 0 Å². The first-order valence-electron chi connectivity index (χ1n) is 8.97. The molecule has 1 N–H and O–H groups in total. The van der Waals surface area contributed by atoms with Gasteiger partial charge in [0.2, 0.25) is 12.7 Å². The number of carbonyl (C=O) groups excluding carboxylic acids is 1. The maximum atomic E-state index is 12.3. The molecule has 3 aromatic rings. The van der Waals surface area contributed by atoms with Crippen molar-refractivity contribution in [2.24, 2.45) is 0 Å². The first-order valence-corrected chi connectivity index (χ1v) is 9.95. The standard InChI is InChI=1S/C20H21N3O4S/c1-25-9-8-23-16-5-3-2-4-15(16)22-20(23)28-12-19(24)21-11-14-6-7-17-18(10-14)27-13-26-17/h2-7,10H,8-9,11-13H2,1H3,(H,21,24). The lowest BCUT2D eigenvalue weighted by Crippen LogP contribution is -2.24. The van der Waals surface area contributed by atoms with Gasteiger partial charge in [0.25, 0.3) is 0 Å². The minimum atomic E-state index is -0.0481. The summed E-state index contributed by atoms with van der Waals surface area (Å²) in [5.74, 6) is 1.70. The van der Waals surface area contributed by atoms with E-state index in [9.17, 15) is 4.79 Å². The number of hydrogen-bond donors (Lipinski definition) is 1. The van der Waals surface area contributed by atoms with Gasteiger partial charge in [-0.05, 0) is 29.8 Å². The number of aromatic nitrogens is 2. The summed E-state index contributed by atoms with van der Waals surface area (Å²) in [6, 6.07) is 13.6. The molecule has 2 heterocycles. The fourth-order valence-corrected chi connectivity index (χ4v) is 3.87. The Morgan fingerprint density at radius 1 is 1.25 bits per heavy atom. The van der Waals surface area contributed by atoms with E-state index in [0.29, 0.717) is 31.2 Å². The molecule has 28 heavy (non-hydrogen) atoms. The number of amides is 1. The van der Waals surface area contributed by atoms with E-state index in [0.717, 1.165) is 27.5 Å². The molecule has 7 nitrogen and oxygen atoms in total. The summed E-state index contributed by atoms with van der Waals surface area (Å²) in [4.78, 5) is 17.0. The topological polar surface area (TPSA) is 74.6 Å². The lowest BCUT2D eigenvalue weighted by Gasteiger charge is -2.09. The number of methoxy groups -OCH3 is 1. The third-order valence-corrected chi connectivity index (χ3v) is 5.37. The van der Waals surface area contributed by atoms with Crippen molar-refractivity contribution in [3.63, 3.8) is 0 Å². The normalized spacial score (nSPS) is 12.5. The summed E-state index contributed by atoms with van der Waals surface area (Å²) in [5.41, 5.74) is 2.93. The van der Waals surface area contributed by atoms with E-state index in [2.05, 4.69) is 14.9 Å². The van der Waals surface area contributed by atoms with Crippen LogP contribution in [0.25, 0.3) is 11.0 Å². The van der Waals surface area contributed by atoms with Gasteiger partial charge in [-0.2, -0.15) is 0 Å². The van der Waals surface area contributed by atoms with Gasteiger partial charge in [0.15, 0.2) is 16.7 Å². The summed E-state index contributed by atoms with van der Waals surface area (Å²) in [5, 5.41) is 3.76. The number of nitrogens with zero attached hydrogens (tertiary/aromatic N) is 2. The second-order valence-corrected chi connectivity index (χ2v) is 7.22. The Hall–Kier alpha value is -2.71. The van der Waals surface area contributed by atoms with Gasteiger partial charge in [-0.1, -0.05) is 30.0 Å². The lowest BCUT2D eigenvalue weighted by molar-refractivity contribution is -0.118. The van der Waals surface area contributed by atoms with Crippen LogP contribution in [-0.4, -0.2) is 41.7 Å². The molecule has 146 valence electrons. The van der Waals surface area contributed by atoms with Crippen LogP contribution in [0, 0.1) is 0 Å². The zero-order valence-electron chi connectivity index (χ0n) is 15.5. The molecule has 0 radical (unpaired) electrons. The summed E-state index contributed by atoms with van der Waals surface area (Å²) >= 11 is 1.43. The summed E-state index contributed by atoms with van der Waals surface area (Å²) in [6.45, 7) is 1.96. The van der Waals surface area contributed by atoms with Crippen LogP contribution in [-0.2, 0) is 22.6 Å². The minimum Gasteiger partial charge on any atom is -0.454 e. The Kier molecular flexibility index (Phi) is 5.68. The van der Waals surface area contributed by atoms with Crippen molar-refractivity contribution in [1.82, 2.24) is 14.9 Å². The number of nitrogens with one attached hydrogen (secondary N) is 1. The first kappa shape index (κ1) is 18.6. The molecule has 4 rings (SSSR count). The lowest BCUT2D eigenvalue weighted by atomic mass is 10.2. The summed E-state index contributed by atoms with van der Waals surface area (Å²) in [6.07, 6.45) is 0. The number of imidazole rings is 1. The highest BCUT2D eigenvalue weighted by Gasteiger charge is 2.15. The van der Waals surface area contributed by atoms with Crippen LogP contribution in [0.15, 0.2) is 47.6 Å². The molecule has 2 aromatic carbocycles. The predicted molar refractivity (Wildman–Crippen MR) is 107 cm³/mol. The van der Waals surface area contributed by atoms with Crippen molar-refractivity contribution in [2.45, 2.75) is 18.2 Å². The highest BCUT2D eigenvalue weighted by atomic mass is 32.2. The maximum absolute atomic E-state index is 12.3. The quantitative estimate of drug-likeness (QED) is 0.587. The monoisotopic (exact) mass is 399 g/mol. The molecule has 0 atom stereocenters. The fourth-order valence-electron chi connectivity index (χ4n) is 2.99. The van der Waals surface area contributed by atoms with E-state index < -0.39 is 0 Å². The molecule has 0 saturated carbocycles. The SMILES string of the molecule is COCCn1c(SCC(=O)NCc2ccc3c(c2)OCO3)nc2ccccc21. The number of thioether (sulfide) groups is 1. The van der Waals surface area contributed by atoms with E-state index in [-0.39, 0.29) is 12.7 Å². The van der Waals surface area contributed by atoms with Gasteiger partial charge < -0.3 is 24.1 Å². The van der Waals surface area contributed by atoms with Crippen LogP contribution in [0.1, 0.15) is 5.56 Å². The zero-order chi connectivity index (χ0) is 19.3. The third kappa shape index (κ3) is 4.07. The smallest absolute Gasteiger partial charge is 0.231 e. The number of fused-ring (bicyclic) bond motifs is 2. The second kappa shape index (κ2) is 8.53. The number of ether oxygens (including phenoxy) is 3. The Morgan fingerprint density at radius 2 is 2.11 bits per heavy atom. The van der Waals surface area contributed by atoms with Gasteiger partial charge in [-0.15, -0.1) is 0 Å². The Labute approximate surface area is 167 Å². The zero-order valence-corrected chi connectivity index (χ0v) is 16.3. The molecule has 0 spiro atoms. The summed E-state index contributed by atoms with van der Waals surface area (Å²) < 4.78 is 18.0. The molecule has 0 unspecified atom stereocenters.